The third kappa shape index (κ3) is 4.67. The zero-order valence-corrected chi connectivity index (χ0v) is 14.9. The van der Waals surface area contributed by atoms with Crippen molar-refractivity contribution in [2.24, 2.45) is 0 Å². The highest BCUT2D eigenvalue weighted by atomic mass is 16.2. The minimum Gasteiger partial charge on any atom is -0.340 e. The molecule has 6 heteroatoms. The van der Waals surface area contributed by atoms with Crippen LogP contribution in [0, 0.1) is 0 Å². The first-order chi connectivity index (χ1) is 11.1. The van der Waals surface area contributed by atoms with Gasteiger partial charge < -0.3 is 15.1 Å². The molecule has 0 radical (unpaired) electrons. The minimum absolute atomic E-state index is 0.173. The monoisotopic (exact) mass is 324 g/mol. The molecule has 2 rings (SSSR count). The molecule has 2 heterocycles. The fourth-order valence-corrected chi connectivity index (χ4v) is 3.72. The minimum atomic E-state index is 0.173. The Hall–Kier alpha value is -1.14. The van der Waals surface area contributed by atoms with Crippen LogP contribution in [-0.2, 0) is 9.59 Å². The van der Waals surface area contributed by atoms with Gasteiger partial charge in [0, 0.05) is 71.2 Å². The Kier molecular flexibility index (Phi) is 6.84. The van der Waals surface area contributed by atoms with E-state index in [4.69, 9.17) is 0 Å². The van der Waals surface area contributed by atoms with Crippen molar-refractivity contribution in [3.8, 4) is 0 Å². The zero-order valence-electron chi connectivity index (χ0n) is 14.9. The molecule has 0 aromatic carbocycles. The molecule has 0 bridgehead atoms. The summed E-state index contributed by atoms with van der Waals surface area (Å²) in [6.07, 6.45) is 2.58. The van der Waals surface area contributed by atoms with Gasteiger partial charge in [0.1, 0.15) is 0 Å². The second-order valence-electron chi connectivity index (χ2n) is 6.67. The number of amides is 2. The van der Waals surface area contributed by atoms with Crippen molar-refractivity contribution in [2.45, 2.75) is 52.1 Å². The van der Waals surface area contributed by atoms with Gasteiger partial charge in [0.25, 0.3) is 0 Å². The Morgan fingerprint density at radius 3 is 2.26 bits per heavy atom. The lowest BCUT2D eigenvalue weighted by atomic mass is 10.0. The number of rotatable bonds is 5. The number of piperazine rings is 2. The van der Waals surface area contributed by atoms with E-state index < -0.39 is 0 Å². The van der Waals surface area contributed by atoms with Gasteiger partial charge >= 0.3 is 0 Å². The summed E-state index contributed by atoms with van der Waals surface area (Å²) in [5.74, 6) is 0.440. The molecule has 2 unspecified atom stereocenters. The molecule has 0 aliphatic carbocycles. The van der Waals surface area contributed by atoms with E-state index in [0.717, 1.165) is 58.7 Å². The number of nitrogens with one attached hydrogen (secondary N) is 1. The van der Waals surface area contributed by atoms with Crippen molar-refractivity contribution in [1.82, 2.24) is 20.0 Å². The molecule has 0 aromatic rings. The second-order valence-corrected chi connectivity index (χ2v) is 6.67. The van der Waals surface area contributed by atoms with Crippen LogP contribution in [0.1, 0.15) is 40.0 Å². The van der Waals surface area contributed by atoms with E-state index in [1.807, 2.05) is 9.80 Å². The topological polar surface area (TPSA) is 55.9 Å². The van der Waals surface area contributed by atoms with Crippen molar-refractivity contribution >= 4 is 11.8 Å². The summed E-state index contributed by atoms with van der Waals surface area (Å²) >= 11 is 0. The molecule has 2 saturated heterocycles. The SMILES string of the molecule is CCC1CN(C(C)=O)C(CC)CN1CCC(=O)N1CCNCC1. The van der Waals surface area contributed by atoms with Crippen LogP contribution < -0.4 is 5.32 Å². The number of carbonyl (C=O) groups excluding carboxylic acids is 2. The van der Waals surface area contributed by atoms with Crippen LogP contribution in [0.2, 0.25) is 0 Å². The number of nitrogens with zero attached hydrogens (tertiary/aromatic N) is 3. The van der Waals surface area contributed by atoms with E-state index in [2.05, 4.69) is 24.1 Å². The second kappa shape index (κ2) is 8.64. The van der Waals surface area contributed by atoms with E-state index in [1.165, 1.54) is 0 Å². The Morgan fingerprint density at radius 2 is 1.70 bits per heavy atom. The van der Waals surface area contributed by atoms with E-state index in [1.54, 1.807) is 6.92 Å². The lowest BCUT2D eigenvalue weighted by Gasteiger charge is -2.46. The molecule has 2 fully saturated rings. The summed E-state index contributed by atoms with van der Waals surface area (Å²) in [4.78, 5) is 30.6. The van der Waals surface area contributed by atoms with Gasteiger partial charge in [-0.15, -0.1) is 0 Å². The van der Waals surface area contributed by atoms with Crippen molar-refractivity contribution in [3.63, 3.8) is 0 Å². The quantitative estimate of drug-likeness (QED) is 0.801. The van der Waals surface area contributed by atoms with Crippen LogP contribution in [0.3, 0.4) is 0 Å². The van der Waals surface area contributed by atoms with Crippen LogP contribution in [0.15, 0.2) is 0 Å². The molecule has 1 N–H and O–H groups in total. The van der Waals surface area contributed by atoms with Gasteiger partial charge in [-0.1, -0.05) is 13.8 Å². The van der Waals surface area contributed by atoms with Gasteiger partial charge in [0.05, 0.1) is 0 Å². The molecule has 2 amide bonds. The van der Waals surface area contributed by atoms with Crippen LogP contribution in [0.4, 0.5) is 0 Å². The smallest absolute Gasteiger partial charge is 0.223 e. The molecular weight excluding hydrogens is 292 g/mol. The van der Waals surface area contributed by atoms with Crippen LogP contribution in [0.25, 0.3) is 0 Å². The molecule has 23 heavy (non-hydrogen) atoms. The highest BCUT2D eigenvalue weighted by molar-refractivity contribution is 5.76. The summed E-state index contributed by atoms with van der Waals surface area (Å²) in [7, 11) is 0. The molecule has 0 spiro atoms. The normalized spacial score (nSPS) is 26.4. The largest absolute Gasteiger partial charge is 0.340 e. The molecule has 0 saturated carbocycles. The van der Waals surface area contributed by atoms with Crippen molar-refractivity contribution in [1.29, 1.82) is 0 Å². The first kappa shape index (κ1) is 18.2. The molecule has 2 atom stereocenters. The van der Waals surface area contributed by atoms with Gasteiger partial charge in [-0.05, 0) is 12.8 Å². The van der Waals surface area contributed by atoms with Gasteiger partial charge in [-0.3, -0.25) is 14.5 Å². The Bertz CT molecular complexity index is 409. The summed E-state index contributed by atoms with van der Waals surface area (Å²) < 4.78 is 0. The maximum Gasteiger partial charge on any atom is 0.223 e. The fourth-order valence-electron chi connectivity index (χ4n) is 3.72. The Labute approximate surface area is 140 Å². The predicted molar refractivity (Wildman–Crippen MR) is 91.2 cm³/mol. The Morgan fingerprint density at radius 1 is 1.04 bits per heavy atom. The van der Waals surface area contributed by atoms with E-state index >= 15 is 0 Å². The number of carbonyl (C=O) groups is 2. The molecule has 2 aliphatic heterocycles. The first-order valence-electron chi connectivity index (χ1n) is 9.06. The summed E-state index contributed by atoms with van der Waals surface area (Å²) in [6.45, 7) is 11.9. The summed E-state index contributed by atoms with van der Waals surface area (Å²) in [6, 6.07) is 0.655. The highest BCUT2D eigenvalue weighted by Crippen LogP contribution is 2.20. The van der Waals surface area contributed by atoms with Gasteiger partial charge in [0.15, 0.2) is 0 Å². The molecule has 132 valence electrons. The number of hydrogen-bond donors (Lipinski definition) is 1. The zero-order chi connectivity index (χ0) is 16.8. The fraction of sp³-hybridized carbons (Fsp3) is 0.882. The third-order valence-electron chi connectivity index (χ3n) is 5.24. The lowest BCUT2D eigenvalue weighted by molar-refractivity contribution is -0.137. The van der Waals surface area contributed by atoms with Crippen LogP contribution in [0.5, 0.6) is 0 Å². The molecule has 2 aliphatic rings. The first-order valence-corrected chi connectivity index (χ1v) is 9.06. The van der Waals surface area contributed by atoms with Gasteiger partial charge in [-0.25, -0.2) is 0 Å². The van der Waals surface area contributed by atoms with Crippen molar-refractivity contribution in [3.05, 3.63) is 0 Å². The van der Waals surface area contributed by atoms with Gasteiger partial charge in [-0.2, -0.15) is 0 Å². The van der Waals surface area contributed by atoms with E-state index in [0.29, 0.717) is 12.5 Å². The maximum absolute atomic E-state index is 12.4. The van der Waals surface area contributed by atoms with Crippen LogP contribution >= 0.6 is 0 Å². The maximum atomic E-state index is 12.4. The summed E-state index contributed by atoms with van der Waals surface area (Å²) in [5.41, 5.74) is 0. The predicted octanol–water partition coefficient (Wildman–Crippen LogP) is 0.530. The molecular formula is C17H32N4O2. The van der Waals surface area contributed by atoms with Crippen molar-refractivity contribution in [2.75, 3.05) is 45.8 Å². The number of hydrogen-bond acceptors (Lipinski definition) is 4. The van der Waals surface area contributed by atoms with Crippen LogP contribution in [-0.4, -0.2) is 84.4 Å². The highest BCUT2D eigenvalue weighted by Gasteiger charge is 2.33. The standard InChI is InChI=1S/C17H32N4O2/c1-4-15-13-21(14(3)22)16(5-2)12-20(15)9-6-17(23)19-10-7-18-8-11-19/h15-16,18H,4-13H2,1-3H3. The lowest BCUT2D eigenvalue weighted by Crippen LogP contribution is -2.59. The van der Waals surface area contributed by atoms with Crippen molar-refractivity contribution < 1.29 is 9.59 Å². The average molecular weight is 324 g/mol. The van der Waals surface area contributed by atoms with E-state index in [-0.39, 0.29) is 17.9 Å². The molecule has 0 aromatic heterocycles. The van der Waals surface area contributed by atoms with E-state index in [9.17, 15) is 9.59 Å². The van der Waals surface area contributed by atoms with Gasteiger partial charge in [0.2, 0.25) is 11.8 Å². The average Bonchev–Trinajstić information content (AvgIpc) is 2.59. The Balaban J connectivity index is 1.89. The summed E-state index contributed by atoms with van der Waals surface area (Å²) in [5, 5.41) is 3.28. The third-order valence-corrected chi connectivity index (χ3v) is 5.24. The molecule has 6 nitrogen and oxygen atoms in total.